The lowest BCUT2D eigenvalue weighted by Crippen LogP contribution is -2.45. The molecule has 2 atom stereocenters. The number of rotatable bonds is 4. The molecule has 3 rings (SSSR count). The molecule has 0 spiro atoms. The molecule has 0 radical (unpaired) electrons. The van der Waals surface area contributed by atoms with Crippen molar-refractivity contribution in [3.63, 3.8) is 0 Å². The molecule has 2 aromatic rings. The van der Waals surface area contributed by atoms with Crippen molar-refractivity contribution in [3.8, 4) is 5.69 Å². The number of nitrogens with one attached hydrogen (secondary N) is 1. The third-order valence-corrected chi connectivity index (χ3v) is 4.65. The molecule has 1 heterocycles. The summed E-state index contributed by atoms with van der Waals surface area (Å²) >= 11 is 6.04. The van der Waals surface area contributed by atoms with E-state index >= 15 is 0 Å². The number of hydrogen-bond acceptors (Lipinski definition) is 4. The van der Waals surface area contributed by atoms with Gasteiger partial charge in [-0.15, -0.1) is 5.10 Å². The molecule has 1 aromatic carbocycles. The van der Waals surface area contributed by atoms with Crippen molar-refractivity contribution in [1.82, 2.24) is 20.3 Å². The topological polar surface area (TPSA) is 80.0 Å². The molecular formula is C17H21ClN4O2. The maximum atomic E-state index is 12.6. The highest BCUT2D eigenvalue weighted by Crippen LogP contribution is 2.20. The predicted molar refractivity (Wildman–Crippen MR) is 91.5 cm³/mol. The summed E-state index contributed by atoms with van der Waals surface area (Å²) in [5.41, 5.74) is 1.79. The molecule has 1 aliphatic carbocycles. The molecule has 1 amide bonds. The van der Waals surface area contributed by atoms with Crippen LogP contribution in [0.15, 0.2) is 24.3 Å². The van der Waals surface area contributed by atoms with Gasteiger partial charge >= 0.3 is 0 Å². The zero-order chi connectivity index (χ0) is 17.1. The highest BCUT2D eigenvalue weighted by Gasteiger charge is 2.27. The first-order valence-electron chi connectivity index (χ1n) is 8.29. The van der Waals surface area contributed by atoms with Crippen LogP contribution in [0.25, 0.3) is 5.69 Å². The Morgan fingerprint density at radius 2 is 2.21 bits per heavy atom. The van der Waals surface area contributed by atoms with Gasteiger partial charge in [0.15, 0.2) is 5.69 Å². The lowest BCUT2D eigenvalue weighted by molar-refractivity contribution is 0.0713. The molecule has 0 aliphatic heterocycles. The van der Waals surface area contributed by atoms with Crippen molar-refractivity contribution < 1.29 is 9.90 Å². The zero-order valence-electron chi connectivity index (χ0n) is 13.6. The summed E-state index contributed by atoms with van der Waals surface area (Å²) in [5.74, 6) is -0.286. The van der Waals surface area contributed by atoms with Gasteiger partial charge in [0.2, 0.25) is 0 Å². The SMILES string of the molecule is CCc1c(C(=O)NC2CCCCC2O)nnn1-c1cccc(Cl)c1. The van der Waals surface area contributed by atoms with Crippen LogP contribution in [0, 0.1) is 0 Å². The number of hydrogen-bond donors (Lipinski definition) is 2. The molecule has 1 fully saturated rings. The van der Waals surface area contributed by atoms with Gasteiger partial charge in [-0.25, -0.2) is 4.68 Å². The highest BCUT2D eigenvalue weighted by atomic mass is 35.5. The van der Waals surface area contributed by atoms with E-state index in [-0.39, 0.29) is 11.9 Å². The van der Waals surface area contributed by atoms with Crippen LogP contribution in [0.1, 0.15) is 48.8 Å². The summed E-state index contributed by atoms with van der Waals surface area (Å²) in [4.78, 5) is 12.6. The fourth-order valence-corrected chi connectivity index (χ4v) is 3.31. The Labute approximate surface area is 145 Å². The van der Waals surface area contributed by atoms with Gasteiger partial charge in [0.1, 0.15) is 0 Å². The summed E-state index contributed by atoms with van der Waals surface area (Å²) in [6, 6.07) is 7.05. The van der Waals surface area contributed by atoms with Gasteiger partial charge in [-0.1, -0.05) is 42.6 Å². The molecule has 7 heteroatoms. The second-order valence-corrected chi connectivity index (χ2v) is 6.50. The van der Waals surface area contributed by atoms with E-state index in [9.17, 15) is 9.90 Å². The lowest BCUT2D eigenvalue weighted by Gasteiger charge is -2.28. The first kappa shape index (κ1) is 16.9. The number of aliphatic hydroxyl groups excluding tert-OH is 1. The summed E-state index contributed by atoms with van der Waals surface area (Å²) in [5, 5.41) is 21.7. The number of nitrogens with zero attached hydrogens (tertiary/aromatic N) is 3. The van der Waals surface area contributed by atoms with Crippen molar-refractivity contribution >= 4 is 17.5 Å². The van der Waals surface area contributed by atoms with Gasteiger partial charge in [0.05, 0.1) is 23.5 Å². The van der Waals surface area contributed by atoms with Crippen LogP contribution in [0.5, 0.6) is 0 Å². The van der Waals surface area contributed by atoms with Crippen LogP contribution in [0.2, 0.25) is 5.02 Å². The van der Waals surface area contributed by atoms with Crippen LogP contribution in [0.3, 0.4) is 0 Å². The van der Waals surface area contributed by atoms with Crippen LogP contribution in [-0.2, 0) is 6.42 Å². The lowest BCUT2D eigenvalue weighted by atomic mass is 9.92. The fraction of sp³-hybridized carbons (Fsp3) is 0.471. The van der Waals surface area contributed by atoms with Crippen LogP contribution < -0.4 is 5.32 Å². The van der Waals surface area contributed by atoms with Crippen LogP contribution >= 0.6 is 11.6 Å². The van der Waals surface area contributed by atoms with E-state index in [1.807, 2.05) is 19.1 Å². The number of carbonyl (C=O) groups excluding carboxylic acids is 1. The highest BCUT2D eigenvalue weighted by molar-refractivity contribution is 6.30. The summed E-state index contributed by atoms with van der Waals surface area (Å²) in [7, 11) is 0. The van der Waals surface area contributed by atoms with Crippen molar-refractivity contribution in [3.05, 3.63) is 40.7 Å². The average Bonchev–Trinajstić information content (AvgIpc) is 3.01. The van der Waals surface area contributed by atoms with E-state index in [4.69, 9.17) is 11.6 Å². The molecular weight excluding hydrogens is 328 g/mol. The summed E-state index contributed by atoms with van der Waals surface area (Å²) in [6.07, 6.45) is 3.64. The van der Waals surface area contributed by atoms with E-state index in [1.165, 1.54) is 0 Å². The molecule has 24 heavy (non-hydrogen) atoms. The van der Waals surface area contributed by atoms with E-state index in [0.717, 1.165) is 37.1 Å². The number of carbonyl (C=O) groups is 1. The zero-order valence-corrected chi connectivity index (χ0v) is 14.3. The average molecular weight is 349 g/mol. The monoisotopic (exact) mass is 348 g/mol. The maximum absolute atomic E-state index is 12.6. The van der Waals surface area contributed by atoms with E-state index in [2.05, 4.69) is 15.6 Å². The molecule has 0 bridgehead atoms. The van der Waals surface area contributed by atoms with Gasteiger partial charge in [-0.05, 0) is 37.5 Å². The molecule has 1 saturated carbocycles. The van der Waals surface area contributed by atoms with Crippen LogP contribution in [-0.4, -0.2) is 38.2 Å². The molecule has 128 valence electrons. The van der Waals surface area contributed by atoms with Crippen molar-refractivity contribution in [2.45, 2.75) is 51.2 Å². The largest absolute Gasteiger partial charge is 0.391 e. The Morgan fingerprint density at radius 3 is 2.92 bits per heavy atom. The summed E-state index contributed by atoms with van der Waals surface area (Å²) in [6.45, 7) is 1.95. The second kappa shape index (κ2) is 7.32. The Kier molecular flexibility index (Phi) is 5.16. The van der Waals surface area contributed by atoms with Gasteiger partial charge in [0.25, 0.3) is 5.91 Å². The van der Waals surface area contributed by atoms with Crippen molar-refractivity contribution in [2.75, 3.05) is 0 Å². The number of halogens is 1. The molecule has 1 aromatic heterocycles. The Balaban J connectivity index is 1.84. The van der Waals surface area contributed by atoms with Crippen molar-refractivity contribution in [1.29, 1.82) is 0 Å². The number of aliphatic hydroxyl groups is 1. The Bertz CT molecular complexity index is 731. The van der Waals surface area contributed by atoms with Crippen LogP contribution in [0.4, 0.5) is 0 Å². The van der Waals surface area contributed by atoms with Crippen molar-refractivity contribution in [2.24, 2.45) is 0 Å². The minimum Gasteiger partial charge on any atom is -0.391 e. The van der Waals surface area contributed by atoms with Gasteiger partial charge in [-0.2, -0.15) is 0 Å². The molecule has 6 nitrogen and oxygen atoms in total. The maximum Gasteiger partial charge on any atom is 0.274 e. The van der Waals surface area contributed by atoms with Gasteiger partial charge in [0, 0.05) is 5.02 Å². The van der Waals surface area contributed by atoms with E-state index < -0.39 is 6.10 Å². The number of benzene rings is 1. The molecule has 1 aliphatic rings. The van der Waals surface area contributed by atoms with E-state index in [0.29, 0.717) is 17.1 Å². The Morgan fingerprint density at radius 1 is 1.42 bits per heavy atom. The molecule has 2 N–H and O–H groups in total. The first-order chi connectivity index (χ1) is 11.6. The normalized spacial score (nSPS) is 20.8. The van der Waals surface area contributed by atoms with Gasteiger partial charge < -0.3 is 10.4 Å². The molecule has 2 unspecified atom stereocenters. The summed E-state index contributed by atoms with van der Waals surface area (Å²) < 4.78 is 1.64. The standard InChI is InChI=1S/C17H21ClN4O2/c1-2-14-16(17(24)19-13-8-3-4-9-15(13)23)20-21-22(14)12-7-5-6-11(18)10-12/h5-7,10,13,15,23H,2-4,8-9H2,1H3,(H,19,24). The first-order valence-corrected chi connectivity index (χ1v) is 8.67. The van der Waals surface area contributed by atoms with E-state index in [1.54, 1.807) is 16.8 Å². The second-order valence-electron chi connectivity index (χ2n) is 6.06. The minimum absolute atomic E-state index is 0.215. The minimum atomic E-state index is -0.490. The quantitative estimate of drug-likeness (QED) is 0.889. The third kappa shape index (κ3) is 3.44. The smallest absolute Gasteiger partial charge is 0.274 e. The third-order valence-electron chi connectivity index (χ3n) is 4.41. The predicted octanol–water partition coefficient (Wildman–Crippen LogP) is 2.52. The van der Waals surface area contributed by atoms with Gasteiger partial charge in [-0.3, -0.25) is 4.79 Å². The Hall–Kier alpha value is -1.92. The molecule has 0 saturated heterocycles. The fourth-order valence-electron chi connectivity index (χ4n) is 3.13. The number of amides is 1. The number of aromatic nitrogens is 3.